The molecule has 16 heteroatoms. The van der Waals surface area contributed by atoms with Crippen LogP contribution < -0.4 is 5.32 Å². The first-order valence-corrected chi connectivity index (χ1v) is 14.0. The number of aromatic nitrogens is 7. The molecule has 2 amide bonds. The first-order chi connectivity index (χ1) is 21.3. The summed E-state index contributed by atoms with van der Waals surface area (Å²) in [7, 11) is 0. The van der Waals surface area contributed by atoms with Gasteiger partial charge in [-0.05, 0) is 26.8 Å². The fraction of sp³-hybridized carbons (Fsp3) is 0.276. The van der Waals surface area contributed by atoms with E-state index in [2.05, 4.69) is 30.6 Å². The van der Waals surface area contributed by atoms with E-state index in [4.69, 9.17) is 16.3 Å². The van der Waals surface area contributed by atoms with Gasteiger partial charge in [-0.1, -0.05) is 35.9 Å². The van der Waals surface area contributed by atoms with Crippen molar-refractivity contribution in [2.24, 2.45) is 0 Å². The minimum Gasteiger partial charge on any atom is -0.444 e. The van der Waals surface area contributed by atoms with Crippen LogP contribution in [-0.4, -0.2) is 70.3 Å². The topological polar surface area (TPSA) is 133 Å². The molecule has 1 aromatic carbocycles. The van der Waals surface area contributed by atoms with Crippen LogP contribution >= 0.6 is 11.6 Å². The van der Waals surface area contributed by atoms with Gasteiger partial charge in [-0.2, -0.15) is 28.5 Å². The number of carbonyl (C=O) groups is 2. The van der Waals surface area contributed by atoms with Gasteiger partial charge < -0.3 is 15.0 Å². The zero-order chi connectivity index (χ0) is 32.1. The van der Waals surface area contributed by atoms with Crippen molar-refractivity contribution in [2.75, 3.05) is 18.4 Å². The number of alkyl halides is 3. The van der Waals surface area contributed by atoms with Crippen molar-refractivity contribution in [3.8, 4) is 11.5 Å². The van der Waals surface area contributed by atoms with Crippen LogP contribution in [0.2, 0.25) is 5.02 Å². The molecule has 0 saturated carbocycles. The number of likely N-dealkylation sites (tertiary alicyclic amines) is 1. The predicted octanol–water partition coefficient (Wildman–Crippen LogP) is 5.66. The third-order valence-electron chi connectivity index (χ3n) is 6.92. The van der Waals surface area contributed by atoms with Gasteiger partial charge in [0.1, 0.15) is 5.60 Å². The number of fused-ring (bicyclic) bond motifs is 1. The maximum atomic E-state index is 14.5. The molecule has 0 unspecified atom stereocenters. The summed E-state index contributed by atoms with van der Waals surface area (Å²) in [4.78, 5) is 36.9. The van der Waals surface area contributed by atoms with Crippen molar-refractivity contribution in [3.63, 3.8) is 0 Å². The molecule has 45 heavy (non-hydrogen) atoms. The fourth-order valence-corrected chi connectivity index (χ4v) is 5.20. The maximum absolute atomic E-state index is 14.5. The Bertz CT molecular complexity index is 1910. The van der Waals surface area contributed by atoms with Crippen LogP contribution in [0.3, 0.4) is 0 Å². The molecule has 4 aromatic heterocycles. The lowest BCUT2D eigenvalue weighted by Gasteiger charge is -2.39. The Morgan fingerprint density at radius 1 is 0.978 bits per heavy atom. The Balaban J connectivity index is 1.30. The Morgan fingerprint density at radius 3 is 2.31 bits per heavy atom. The molecule has 1 aliphatic rings. The molecule has 1 fully saturated rings. The Morgan fingerprint density at radius 2 is 1.67 bits per heavy atom. The lowest BCUT2D eigenvalue weighted by atomic mass is 9.92. The largest absolute Gasteiger partial charge is 0.444 e. The van der Waals surface area contributed by atoms with E-state index in [0.717, 1.165) is 11.0 Å². The minimum atomic E-state index is -4.96. The second-order valence-electron chi connectivity index (χ2n) is 11.3. The van der Waals surface area contributed by atoms with Gasteiger partial charge in [0.25, 0.3) is 5.91 Å². The predicted molar refractivity (Wildman–Crippen MR) is 157 cm³/mol. The van der Waals surface area contributed by atoms with Crippen LogP contribution in [0.4, 0.5) is 23.7 Å². The standard InChI is InChI=1S/C29H25ClF3N9O3/c1-28(2,3)45-27(44)40-14-16(15-40)23-19-7-5-4-6-18(19)22(13-34-23)41-24(29(31,32)33)20(12-38-41)26(43)39-17-10-21(30)25(35-11-17)42-36-8-9-37-42/h4-13,16H,14-15H2,1-3H3,(H,39,43). The molecule has 232 valence electrons. The third-order valence-corrected chi connectivity index (χ3v) is 7.20. The zero-order valence-corrected chi connectivity index (χ0v) is 24.8. The zero-order valence-electron chi connectivity index (χ0n) is 24.1. The Hall–Kier alpha value is -5.05. The number of carbonyl (C=O) groups excluding carboxylic acids is 2. The molecule has 0 atom stereocenters. The summed E-state index contributed by atoms with van der Waals surface area (Å²) in [5, 5.41) is 15.4. The summed E-state index contributed by atoms with van der Waals surface area (Å²) in [5.74, 6) is -1.04. The van der Waals surface area contributed by atoms with Gasteiger partial charge in [0.15, 0.2) is 11.5 Å². The summed E-state index contributed by atoms with van der Waals surface area (Å²) in [6, 6.07) is 8.17. The van der Waals surface area contributed by atoms with Crippen LogP contribution in [-0.2, 0) is 10.9 Å². The van der Waals surface area contributed by atoms with Gasteiger partial charge in [-0.3, -0.25) is 9.78 Å². The van der Waals surface area contributed by atoms with E-state index < -0.39 is 35.0 Å². The van der Waals surface area contributed by atoms with Gasteiger partial charge >= 0.3 is 12.3 Å². The molecule has 0 radical (unpaired) electrons. The number of rotatable bonds is 5. The van der Waals surface area contributed by atoms with Crippen LogP contribution in [0.25, 0.3) is 22.3 Å². The smallest absolute Gasteiger partial charge is 0.434 e. The van der Waals surface area contributed by atoms with Crippen LogP contribution in [0, 0.1) is 0 Å². The van der Waals surface area contributed by atoms with Crippen LogP contribution in [0.1, 0.15) is 48.4 Å². The number of nitrogens with zero attached hydrogens (tertiary/aromatic N) is 8. The minimum absolute atomic E-state index is 0.0323. The first-order valence-electron chi connectivity index (χ1n) is 13.6. The lowest BCUT2D eigenvalue weighted by Crippen LogP contribution is -2.50. The molecule has 5 aromatic rings. The summed E-state index contributed by atoms with van der Waals surface area (Å²) in [6.07, 6.45) is 0.803. The number of pyridine rings is 2. The number of amides is 2. The first kappa shape index (κ1) is 30.0. The van der Waals surface area contributed by atoms with E-state index in [1.165, 1.54) is 30.9 Å². The summed E-state index contributed by atoms with van der Waals surface area (Å²) < 4.78 is 49.7. The van der Waals surface area contributed by atoms with Gasteiger partial charge in [-0.25, -0.2) is 14.5 Å². The van der Waals surface area contributed by atoms with E-state index in [-0.39, 0.29) is 28.1 Å². The van der Waals surface area contributed by atoms with Gasteiger partial charge in [0, 0.05) is 29.8 Å². The second-order valence-corrected chi connectivity index (χ2v) is 11.7. The molecule has 12 nitrogen and oxygen atoms in total. The van der Waals surface area contributed by atoms with E-state index in [1.807, 2.05) is 0 Å². The van der Waals surface area contributed by atoms with Crippen molar-refractivity contribution in [1.82, 2.24) is 39.6 Å². The molecule has 1 aliphatic heterocycles. The molecule has 5 heterocycles. The van der Waals surface area contributed by atoms with Crippen LogP contribution in [0.15, 0.2) is 61.3 Å². The Labute approximate surface area is 258 Å². The molecule has 1 saturated heterocycles. The van der Waals surface area contributed by atoms with Gasteiger partial charge in [-0.15, -0.1) is 4.80 Å². The van der Waals surface area contributed by atoms with E-state index >= 15 is 0 Å². The number of hydrogen-bond donors (Lipinski definition) is 1. The van der Waals surface area contributed by atoms with Gasteiger partial charge in [0.05, 0.1) is 58.6 Å². The summed E-state index contributed by atoms with van der Waals surface area (Å²) in [5.41, 5.74) is -1.92. The molecular weight excluding hydrogens is 615 g/mol. The molecular formula is C29H25ClF3N9O3. The highest BCUT2D eigenvalue weighted by atomic mass is 35.5. The quantitative estimate of drug-likeness (QED) is 0.261. The fourth-order valence-electron chi connectivity index (χ4n) is 4.96. The monoisotopic (exact) mass is 639 g/mol. The van der Waals surface area contributed by atoms with Crippen LogP contribution in [0.5, 0.6) is 0 Å². The average molecular weight is 640 g/mol. The molecule has 0 bridgehead atoms. The normalized spacial score (nSPS) is 14.0. The van der Waals surface area contributed by atoms with E-state index in [0.29, 0.717) is 34.2 Å². The Kier molecular flexibility index (Phi) is 7.43. The van der Waals surface area contributed by atoms with E-state index in [9.17, 15) is 22.8 Å². The highest BCUT2D eigenvalue weighted by Crippen LogP contribution is 2.38. The second kappa shape index (κ2) is 11.1. The number of ether oxygens (including phenoxy) is 1. The van der Waals surface area contributed by atoms with Gasteiger partial charge in [0.2, 0.25) is 0 Å². The molecule has 6 rings (SSSR count). The number of anilines is 1. The number of nitrogens with one attached hydrogen (secondary N) is 1. The highest BCUT2D eigenvalue weighted by Gasteiger charge is 2.41. The molecule has 1 N–H and O–H groups in total. The van der Waals surface area contributed by atoms with Crippen molar-refractivity contribution < 1.29 is 27.5 Å². The van der Waals surface area contributed by atoms with Crippen molar-refractivity contribution in [2.45, 2.75) is 38.5 Å². The number of benzene rings is 1. The average Bonchev–Trinajstić information content (AvgIpc) is 3.62. The molecule has 0 spiro atoms. The summed E-state index contributed by atoms with van der Waals surface area (Å²) >= 11 is 6.25. The maximum Gasteiger partial charge on any atom is 0.434 e. The third kappa shape index (κ3) is 5.90. The van der Waals surface area contributed by atoms with E-state index in [1.54, 1.807) is 49.9 Å². The SMILES string of the molecule is CC(C)(C)OC(=O)N1CC(c2ncc(-n3ncc(C(=O)Nc4cnc(-n5nccn5)c(Cl)c4)c3C(F)(F)F)c3ccccc23)C1. The number of halogens is 4. The highest BCUT2D eigenvalue weighted by molar-refractivity contribution is 6.32. The van der Waals surface area contributed by atoms with Crippen molar-refractivity contribution in [1.29, 1.82) is 0 Å². The number of hydrogen-bond acceptors (Lipinski definition) is 8. The molecule has 0 aliphatic carbocycles. The summed E-state index contributed by atoms with van der Waals surface area (Å²) in [6.45, 7) is 6.04. The van der Waals surface area contributed by atoms with Crippen molar-refractivity contribution in [3.05, 3.63) is 83.3 Å². The lowest BCUT2D eigenvalue weighted by molar-refractivity contribution is -0.143. The van der Waals surface area contributed by atoms with Crippen molar-refractivity contribution >= 4 is 40.1 Å².